The third-order valence-corrected chi connectivity index (χ3v) is 3.99. The summed E-state index contributed by atoms with van der Waals surface area (Å²) in [6.45, 7) is 4.27. The third kappa shape index (κ3) is 4.81. The summed E-state index contributed by atoms with van der Waals surface area (Å²) in [4.78, 5) is 14.6. The molecule has 0 aromatic heterocycles. The molecule has 5 heteroatoms. The number of benzene rings is 1. The molecule has 1 aromatic rings. The van der Waals surface area contributed by atoms with E-state index in [4.69, 9.17) is 10.5 Å². The van der Waals surface area contributed by atoms with Crippen LogP contribution in [-0.4, -0.2) is 50.2 Å². The van der Waals surface area contributed by atoms with Crippen molar-refractivity contribution in [3.63, 3.8) is 0 Å². The number of carbonyl (C=O) groups is 1. The Morgan fingerprint density at radius 1 is 1.33 bits per heavy atom. The number of nitrogens with zero attached hydrogens (tertiary/aromatic N) is 1. The van der Waals surface area contributed by atoms with Crippen molar-refractivity contribution in [3.05, 3.63) is 35.4 Å². The summed E-state index contributed by atoms with van der Waals surface area (Å²) >= 11 is 0. The number of ether oxygens (including phenoxy) is 1. The number of hydrogen-bond donors (Lipinski definition) is 2. The highest BCUT2D eigenvalue weighted by Crippen LogP contribution is 2.11. The van der Waals surface area contributed by atoms with Crippen molar-refractivity contribution in [2.24, 2.45) is 5.73 Å². The molecule has 1 aromatic carbocycles. The molecule has 0 bridgehead atoms. The molecule has 116 valence electrons. The highest BCUT2D eigenvalue weighted by molar-refractivity contribution is 5.94. The summed E-state index contributed by atoms with van der Waals surface area (Å²) in [5.41, 5.74) is 7.30. The molecule has 0 unspecified atom stereocenters. The van der Waals surface area contributed by atoms with Crippen LogP contribution >= 0.6 is 0 Å². The standard InChI is InChI=1S/C16H25N3O2/c1-21-11-10-19-8-6-15(7-9-19)18-16(20)14-4-2-13(12-17)3-5-14/h2-5,15H,6-12,17H2,1H3,(H,18,20). The SMILES string of the molecule is COCCN1CCC(NC(=O)c2ccc(CN)cc2)CC1. The van der Waals surface area contributed by atoms with E-state index < -0.39 is 0 Å². The second-order valence-corrected chi connectivity index (χ2v) is 5.48. The monoisotopic (exact) mass is 291 g/mol. The van der Waals surface area contributed by atoms with E-state index in [1.807, 2.05) is 24.3 Å². The fourth-order valence-electron chi connectivity index (χ4n) is 2.58. The van der Waals surface area contributed by atoms with Crippen LogP contribution in [-0.2, 0) is 11.3 Å². The van der Waals surface area contributed by atoms with Gasteiger partial charge in [-0.05, 0) is 30.5 Å². The van der Waals surface area contributed by atoms with Gasteiger partial charge in [0.15, 0.2) is 0 Å². The van der Waals surface area contributed by atoms with Gasteiger partial charge in [0.05, 0.1) is 6.61 Å². The van der Waals surface area contributed by atoms with Gasteiger partial charge < -0.3 is 20.7 Å². The van der Waals surface area contributed by atoms with E-state index >= 15 is 0 Å². The first kappa shape index (κ1) is 15.9. The first-order chi connectivity index (χ1) is 10.2. The van der Waals surface area contributed by atoms with Crippen LogP contribution in [0.1, 0.15) is 28.8 Å². The van der Waals surface area contributed by atoms with Gasteiger partial charge in [0.1, 0.15) is 0 Å². The fraction of sp³-hybridized carbons (Fsp3) is 0.562. The van der Waals surface area contributed by atoms with E-state index in [9.17, 15) is 4.79 Å². The van der Waals surface area contributed by atoms with Crippen molar-refractivity contribution in [3.8, 4) is 0 Å². The van der Waals surface area contributed by atoms with Gasteiger partial charge in [-0.15, -0.1) is 0 Å². The lowest BCUT2D eigenvalue weighted by Gasteiger charge is -2.32. The summed E-state index contributed by atoms with van der Waals surface area (Å²) < 4.78 is 5.09. The highest BCUT2D eigenvalue weighted by atomic mass is 16.5. The number of methoxy groups -OCH3 is 1. The molecule has 1 amide bonds. The maximum absolute atomic E-state index is 12.2. The molecule has 0 spiro atoms. The average molecular weight is 291 g/mol. The van der Waals surface area contributed by atoms with E-state index in [-0.39, 0.29) is 11.9 Å². The van der Waals surface area contributed by atoms with E-state index in [1.165, 1.54) is 0 Å². The van der Waals surface area contributed by atoms with Gasteiger partial charge in [-0.1, -0.05) is 12.1 Å². The molecule has 0 saturated carbocycles. The van der Waals surface area contributed by atoms with Crippen LogP contribution < -0.4 is 11.1 Å². The number of nitrogens with one attached hydrogen (secondary N) is 1. The minimum atomic E-state index is 0.00825. The van der Waals surface area contributed by atoms with Crippen molar-refractivity contribution >= 4 is 5.91 Å². The smallest absolute Gasteiger partial charge is 0.251 e. The van der Waals surface area contributed by atoms with Crippen molar-refractivity contribution in [2.45, 2.75) is 25.4 Å². The Labute approximate surface area is 126 Å². The van der Waals surface area contributed by atoms with Gasteiger partial charge in [0, 0.05) is 44.9 Å². The number of likely N-dealkylation sites (tertiary alicyclic amines) is 1. The van der Waals surface area contributed by atoms with E-state index in [1.54, 1.807) is 7.11 Å². The van der Waals surface area contributed by atoms with Gasteiger partial charge in [-0.2, -0.15) is 0 Å². The highest BCUT2D eigenvalue weighted by Gasteiger charge is 2.20. The summed E-state index contributed by atoms with van der Waals surface area (Å²) in [6, 6.07) is 7.76. The zero-order valence-electron chi connectivity index (χ0n) is 12.7. The van der Waals surface area contributed by atoms with Crippen LogP contribution in [0.25, 0.3) is 0 Å². The van der Waals surface area contributed by atoms with Crippen LogP contribution in [0.4, 0.5) is 0 Å². The zero-order valence-corrected chi connectivity index (χ0v) is 12.7. The maximum Gasteiger partial charge on any atom is 0.251 e. The quantitative estimate of drug-likeness (QED) is 0.820. The Hall–Kier alpha value is -1.43. The number of rotatable bonds is 6. The summed E-state index contributed by atoms with van der Waals surface area (Å²) in [5, 5.41) is 3.12. The van der Waals surface area contributed by atoms with Crippen LogP contribution in [0, 0.1) is 0 Å². The lowest BCUT2D eigenvalue weighted by atomic mass is 10.0. The molecule has 0 aliphatic carbocycles. The lowest BCUT2D eigenvalue weighted by Crippen LogP contribution is -2.45. The molecule has 0 atom stereocenters. The molecule has 2 rings (SSSR count). The van der Waals surface area contributed by atoms with Gasteiger partial charge in [0.2, 0.25) is 0 Å². The minimum absolute atomic E-state index is 0.00825. The van der Waals surface area contributed by atoms with Crippen LogP contribution in [0.3, 0.4) is 0 Å². The number of hydrogen-bond acceptors (Lipinski definition) is 4. The minimum Gasteiger partial charge on any atom is -0.383 e. The van der Waals surface area contributed by atoms with Crippen molar-refractivity contribution in [1.82, 2.24) is 10.2 Å². The third-order valence-electron chi connectivity index (χ3n) is 3.99. The molecule has 5 nitrogen and oxygen atoms in total. The van der Waals surface area contributed by atoms with Gasteiger partial charge >= 0.3 is 0 Å². The zero-order chi connectivity index (χ0) is 15.1. The Morgan fingerprint density at radius 2 is 2.00 bits per heavy atom. The first-order valence-corrected chi connectivity index (χ1v) is 7.54. The normalized spacial score (nSPS) is 16.9. The topological polar surface area (TPSA) is 67.6 Å². The summed E-state index contributed by atoms with van der Waals surface area (Å²) in [5.74, 6) is 0.00825. The number of nitrogens with two attached hydrogens (primary N) is 1. The van der Waals surface area contributed by atoms with Crippen molar-refractivity contribution in [1.29, 1.82) is 0 Å². The van der Waals surface area contributed by atoms with Crippen molar-refractivity contribution < 1.29 is 9.53 Å². The van der Waals surface area contributed by atoms with E-state index in [0.29, 0.717) is 12.1 Å². The van der Waals surface area contributed by atoms with E-state index in [2.05, 4.69) is 10.2 Å². The molecule has 0 radical (unpaired) electrons. The Kier molecular flexibility index (Phi) is 6.17. The molecule has 1 saturated heterocycles. The molecule has 1 aliphatic heterocycles. The van der Waals surface area contributed by atoms with Gasteiger partial charge in [-0.25, -0.2) is 0 Å². The molecule has 1 fully saturated rings. The molecule has 1 aliphatic rings. The molecule has 3 N–H and O–H groups in total. The number of carbonyl (C=O) groups excluding carboxylic acids is 1. The Morgan fingerprint density at radius 3 is 2.57 bits per heavy atom. The van der Waals surface area contributed by atoms with Crippen LogP contribution in [0.5, 0.6) is 0 Å². The van der Waals surface area contributed by atoms with Gasteiger partial charge in [0.25, 0.3) is 5.91 Å². The maximum atomic E-state index is 12.2. The lowest BCUT2D eigenvalue weighted by molar-refractivity contribution is 0.0893. The van der Waals surface area contributed by atoms with Crippen LogP contribution in [0.15, 0.2) is 24.3 Å². The molecule has 1 heterocycles. The number of piperidine rings is 1. The fourth-order valence-corrected chi connectivity index (χ4v) is 2.58. The molecular formula is C16H25N3O2. The molecular weight excluding hydrogens is 266 g/mol. The Bertz CT molecular complexity index is 439. The molecule has 21 heavy (non-hydrogen) atoms. The Balaban J connectivity index is 1.78. The predicted molar refractivity (Wildman–Crippen MR) is 83.1 cm³/mol. The largest absolute Gasteiger partial charge is 0.383 e. The van der Waals surface area contributed by atoms with Crippen molar-refractivity contribution in [2.75, 3.05) is 33.4 Å². The number of amides is 1. The second-order valence-electron chi connectivity index (χ2n) is 5.48. The predicted octanol–water partition coefficient (Wildman–Crippen LogP) is 0.986. The summed E-state index contributed by atoms with van der Waals surface area (Å²) in [6.07, 6.45) is 1.99. The average Bonchev–Trinajstić information content (AvgIpc) is 2.54. The van der Waals surface area contributed by atoms with E-state index in [0.717, 1.165) is 44.6 Å². The van der Waals surface area contributed by atoms with Crippen LogP contribution in [0.2, 0.25) is 0 Å². The summed E-state index contributed by atoms with van der Waals surface area (Å²) in [7, 11) is 1.73. The first-order valence-electron chi connectivity index (χ1n) is 7.54. The van der Waals surface area contributed by atoms with Gasteiger partial charge in [-0.3, -0.25) is 4.79 Å². The second kappa shape index (κ2) is 8.12.